The molecule has 0 saturated carbocycles. The van der Waals surface area contributed by atoms with Crippen LogP contribution in [0.15, 0.2) is 30.5 Å². The lowest BCUT2D eigenvalue weighted by Crippen LogP contribution is -2.27. The van der Waals surface area contributed by atoms with Gasteiger partial charge < -0.3 is 16.2 Å². The molecule has 0 aliphatic rings. The third-order valence-corrected chi connectivity index (χ3v) is 3.39. The summed E-state index contributed by atoms with van der Waals surface area (Å²) in [6.45, 7) is 4.46. The maximum Gasteiger partial charge on any atom is 0.0953 e. The minimum absolute atomic E-state index is 0.177. The lowest BCUT2D eigenvalue weighted by atomic mass is 10.0. The van der Waals surface area contributed by atoms with Crippen molar-refractivity contribution in [1.29, 1.82) is 0 Å². The van der Waals surface area contributed by atoms with Gasteiger partial charge in [0.25, 0.3) is 0 Å². The van der Waals surface area contributed by atoms with Crippen LogP contribution in [0.3, 0.4) is 0 Å². The van der Waals surface area contributed by atoms with Gasteiger partial charge in [0, 0.05) is 29.9 Å². The van der Waals surface area contributed by atoms with Crippen LogP contribution in [0.2, 0.25) is 0 Å². The molecule has 4 heteroatoms. The van der Waals surface area contributed by atoms with Gasteiger partial charge in [-0.05, 0) is 36.6 Å². The van der Waals surface area contributed by atoms with E-state index in [0.717, 1.165) is 28.7 Å². The fraction of sp³-hybridized carbons (Fsp3) is 0.400. The Hall–Kier alpha value is -1.81. The second-order valence-electron chi connectivity index (χ2n) is 5.11. The van der Waals surface area contributed by atoms with Gasteiger partial charge in [-0.25, -0.2) is 0 Å². The molecule has 1 aromatic heterocycles. The van der Waals surface area contributed by atoms with E-state index in [0.29, 0.717) is 5.92 Å². The maximum absolute atomic E-state index is 9.15. The SMILES string of the molecule is CC(C)C(CCO)Nc1ccc(N)c2cccnc12. The number of hydrogen-bond acceptors (Lipinski definition) is 4. The largest absolute Gasteiger partial charge is 0.398 e. The van der Waals surface area contributed by atoms with E-state index in [1.54, 1.807) is 6.20 Å². The number of hydrogen-bond donors (Lipinski definition) is 3. The number of pyridine rings is 1. The zero-order valence-corrected chi connectivity index (χ0v) is 11.4. The number of fused-ring (bicyclic) bond motifs is 1. The molecule has 1 heterocycles. The molecule has 0 amide bonds. The van der Waals surface area contributed by atoms with Gasteiger partial charge >= 0.3 is 0 Å². The molecule has 102 valence electrons. The van der Waals surface area contributed by atoms with E-state index in [2.05, 4.69) is 24.1 Å². The number of benzene rings is 1. The molecule has 1 unspecified atom stereocenters. The summed E-state index contributed by atoms with van der Waals surface area (Å²) in [5, 5.41) is 13.6. The number of nitrogens with two attached hydrogens (primary N) is 1. The molecule has 0 saturated heterocycles. The van der Waals surface area contributed by atoms with E-state index in [-0.39, 0.29) is 12.6 Å². The van der Waals surface area contributed by atoms with Crippen LogP contribution in [0.1, 0.15) is 20.3 Å². The minimum atomic E-state index is 0.177. The molecule has 19 heavy (non-hydrogen) atoms. The minimum Gasteiger partial charge on any atom is -0.398 e. The quantitative estimate of drug-likeness (QED) is 0.722. The number of anilines is 2. The van der Waals surface area contributed by atoms with Crippen LogP contribution in [-0.2, 0) is 0 Å². The summed E-state index contributed by atoms with van der Waals surface area (Å²) >= 11 is 0. The lowest BCUT2D eigenvalue weighted by Gasteiger charge is -2.23. The number of aliphatic hydroxyl groups excluding tert-OH is 1. The third-order valence-electron chi connectivity index (χ3n) is 3.39. The molecule has 0 spiro atoms. The lowest BCUT2D eigenvalue weighted by molar-refractivity contribution is 0.267. The van der Waals surface area contributed by atoms with E-state index < -0.39 is 0 Å². The maximum atomic E-state index is 9.15. The molecular weight excluding hydrogens is 238 g/mol. The number of aliphatic hydroxyl groups is 1. The standard InChI is InChI=1S/C15H21N3O/c1-10(2)13(7-9-19)18-14-6-5-12(16)11-4-3-8-17-15(11)14/h3-6,8,10,13,18-19H,7,9,16H2,1-2H3. The van der Waals surface area contributed by atoms with E-state index in [1.165, 1.54) is 0 Å². The highest BCUT2D eigenvalue weighted by molar-refractivity contribution is 5.98. The van der Waals surface area contributed by atoms with E-state index >= 15 is 0 Å². The normalized spacial score (nSPS) is 12.8. The molecule has 1 atom stereocenters. The van der Waals surface area contributed by atoms with Crippen LogP contribution in [0.25, 0.3) is 10.9 Å². The molecule has 0 aliphatic carbocycles. The van der Waals surface area contributed by atoms with Crippen LogP contribution in [0.5, 0.6) is 0 Å². The topological polar surface area (TPSA) is 71.2 Å². The van der Waals surface area contributed by atoms with Crippen molar-refractivity contribution in [2.24, 2.45) is 5.92 Å². The van der Waals surface area contributed by atoms with Crippen LogP contribution >= 0.6 is 0 Å². The zero-order chi connectivity index (χ0) is 13.8. The molecule has 4 N–H and O–H groups in total. The summed E-state index contributed by atoms with van der Waals surface area (Å²) in [5.74, 6) is 0.434. The van der Waals surface area contributed by atoms with Crippen LogP contribution in [0, 0.1) is 5.92 Å². The van der Waals surface area contributed by atoms with Crippen molar-refractivity contribution in [2.75, 3.05) is 17.7 Å². The van der Waals surface area contributed by atoms with Crippen LogP contribution < -0.4 is 11.1 Å². The monoisotopic (exact) mass is 259 g/mol. The first-order chi connectivity index (χ1) is 9.13. The Morgan fingerprint density at radius 3 is 2.79 bits per heavy atom. The first kappa shape index (κ1) is 13.6. The van der Waals surface area contributed by atoms with Gasteiger partial charge in [-0.2, -0.15) is 0 Å². The summed E-state index contributed by atoms with van der Waals surface area (Å²) in [6, 6.07) is 7.93. The van der Waals surface area contributed by atoms with Gasteiger partial charge in [0.1, 0.15) is 0 Å². The molecular formula is C15H21N3O. The van der Waals surface area contributed by atoms with Crippen molar-refractivity contribution >= 4 is 22.3 Å². The Bertz CT molecular complexity index is 554. The van der Waals surface area contributed by atoms with Gasteiger partial charge in [0.2, 0.25) is 0 Å². The van der Waals surface area contributed by atoms with E-state index in [1.807, 2.05) is 24.3 Å². The van der Waals surface area contributed by atoms with Gasteiger partial charge in [-0.1, -0.05) is 13.8 Å². The summed E-state index contributed by atoms with van der Waals surface area (Å²) in [6.07, 6.45) is 2.49. The van der Waals surface area contributed by atoms with Crippen molar-refractivity contribution in [3.05, 3.63) is 30.5 Å². The molecule has 0 bridgehead atoms. The van der Waals surface area contributed by atoms with E-state index in [4.69, 9.17) is 10.8 Å². The predicted molar refractivity (Wildman–Crippen MR) is 80.1 cm³/mol. The van der Waals surface area contributed by atoms with Crippen molar-refractivity contribution in [3.63, 3.8) is 0 Å². The highest BCUT2D eigenvalue weighted by atomic mass is 16.3. The Labute approximate surface area is 113 Å². The van der Waals surface area contributed by atoms with Gasteiger partial charge in [-0.15, -0.1) is 0 Å². The highest BCUT2D eigenvalue weighted by Crippen LogP contribution is 2.27. The van der Waals surface area contributed by atoms with Crippen LogP contribution in [0.4, 0.5) is 11.4 Å². The summed E-state index contributed by atoms with van der Waals surface area (Å²) < 4.78 is 0. The number of aromatic nitrogens is 1. The van der Waals surface area contributed by atoms with E-state index in [9.17, 15) is 0 Å². The highest BCUT2D eigenvalue weighted by Gasteiger charge is 2.14. The molecule has 1 aromatic carbocycles. The predicted octanol–water partition coefficient (Wildman–Crippen LogP) is 2.64. The zero-order valence-electron chi connectivity index (χ0n) is 11.4. The van der Waals surface area contributed by atoms with Gasteiger partial charge in [0.15, 0.2) is 0 Å². The number of rotatable bonds is 5. The molecule has 0 fully saturated rings. The third kappa shape index (κ3) is 2.96. The van der Waals surface area contributed by atoms with Crippen molar-refractivity contribution < 1.29 is 5.11 Å². The summed E-state index contributed by atoms with van der Waals surface area (Å²) in [7, 11) is 0. The second kappa shape index (κ2) is 5.89. The van der Waals surface area contributed by atoms with Crippen molar-refractivity contribution in [3.8, 4) is 0 Å². The number of nitrogen functional groups attached to an aromatic ring is 1. The molecule has 4 nitrogen and oxygen atoms in total. The molecule has 0 radical (unpaired) electrons. The smallest absolute Gasteiger partial charge is 0.0953 e. The van der Waals surface area contributed by atoms with Gasteiger partial charge in [0.05, 0.1) is 11.2 Å². The molecule has 0 aliphatic heterocycles. The Balaban J connectivity index is 2.37. The average Bonchev–Trinajstić information content (AvgIpc) is 2.41. The Morgan fingerprint density at radius 2 is 2.11 bits per heavy atom. The fourth-order valence-electron chi connectivity index (χ4n) is 2.22. The first-order valence-corrected chi connectivity index (χ1v) is 6.64. The fourth-order valence-corrected chi connectivity index (χ4v) is 2.22. The van der Waals surface area contributed by atoms with Crippen molar-refractivity contribution in [2.45, 2.75) is 26.3 Å². The Morgan fingerprint density at radius 1 is 1.32 bits per heavy atom. The Kier molecular flexibility index (Phi) is 4.22. The van der Waals surface area contributed by atoms with Gasteiger partial charge in [-0.3, -0.25) is 4.98 Å². The average molecular weight is 259 g/mol. The number of nitrogens with zero attached hydrogens (tertiary/aromatic N) is 1. The van der Waals surface area contributed by atoms with Crippen molar-refractivity contribution in [1.82, 2.24) is 4.98 Å². The summed E-state index contributed by atoms with van der Waals surface area (Å²) in [5.41, 5.74) is 8.55. The summed E-state index contributed by atoms with van der Waals surface area (Å²) in [4.78, 5) is 4.41. The second-order valence-corrected chi connectivity index (χ2v) is 5.11. The molecule has 2 rings (SSSR count). The molecule has 2 aromatic rings. The van der Waals surface area contributed by atoms with Crippen LogP contribution in [-0.4, -0.2) is 22.7 Å². The first-order valence-electron chi connectivity index (χ1n) is 6.64. The number of nitrogens with one attached hydrogen (secondary N) is 1.